The van der Waals surface area contributed by atoms with E-state index in [0.29, 0.717) is 19.0 Å². The minimum absolute atomic E-state index is 0.0377. The summed E-state index contributed by atoms with van der Waals surface area (Å²) in [5, 5.41) is 54.2. The highest BCUT2D eigenvalue weighted by Gasteiger charge is 2.25. The molecule has 23 nitrogen and oxygen atoms in total. The summed E-state index contributed by atoms with van der Waals surface area (Å²) in [7, 11) is 0. The van der Waals surface area contributed by atoms with Gasteiger partial charge in [-0.3, -0.25) is 9.69 Å². The number of nitriles is 5. The van der Waals surface area contributed by atoms with E-state index in [4.69, 9.17) is 43.0 Å². The van der Waals surface area contributed by atoms with Crippen LogP contribution in [0.25, 0.3) is 24.3 Å². The molecule has 0 aliphatic carbocycles. The van der Waals surface area contributed by atoms with Crippen molar-refractivity contribution in [2.45, 2.75) is 156 Å². The summed E-state index contributed by atoms with van der Waals surface area (Å²) >= 11 is 7.98. The van der Waals surface area contributed by atoms with Crippen LogP contribution in [0.5, 0.6) is 0 Å². The topological polar surface area (TPSA) is 305 Å². The number of hydrogen-bond acceptors (Lipinski definition) is 23. The van der Waals surface area contributed by atoms with Gasteiger partial charge in [0.25, 0.3) is 0 Å². The molecular weight excluding hydrogens is 1710 g/mol. The first-order valence-electron chi connectivity index (χ1n) is 42.5. The zero-order valence-electron chi connectivity index (χ0n) is 76.2. The zero-order valence-corrected chi connectivity index (χ0v) is 79.2. The summed E-state index contributed by atoms with van der Waals surface area (Å²) in [6.07, 6.45) is 28.2. The number of hydrogen-bond donors (Lipinski definition) is 1. The Morgan fingerprint density at radius 2 is 0.606 bits per heavy atom. The van der Waals surface area contributed by atoms with Crippen LogP contribution in [-0.2, 0) is 37.5 Å². The molecule has 0 unspecified atom stereocenters. The van der Waals surface area contributed by atoms with Gasteiger partial charge in [0.05, 0.1) is 6.61 Å². The first-order chi connectivity index (χ1) is 60.5. The van der Waals surface area contributed by atoms with E-state index < -0.39 is 0 Å². The molecule has 1 aliphatic heterocycles. The number of alkyl halides is 1. The molecule has 5 aromatic heterocycles. The molecule has 0 atom stereocenters. The van der Waals surface area contributed by atoms with Gasteiger partial charge in [-0.2, -0.15) is 26.3 Å². The highest BCUT2D eigenvalue weighted by molar-refractivity contribution is 14.1. The van der Waals surface area contributed by atoms with Crippen LogP contribution in [0.2, 0.25) is 0 Å². The normalized spacial score (nSPS) is 12.3. The Morgan fingerprint density at radius 3 is 0.843 bits per heavy atom. The van der Waals surface area contributed by atoms with Crippen LogP contribution in [0.3, 0.4) is 0 Å². The Balaban J connectivity index is 0.000000218. The average Bonchev–Trinajstić information content (AvgIpc) is 0.857. The number of piperidine rings is 1. The van der Waals surface area contributed by atoms with E-state index in [-0.39, 0.29) is 62.8 Å². The summed E-state index contributed by atoms with van der Waals surface area (Å²) in [6, 6.07) is 61.1. The van der Waals surface area contributed by atoms with Crippen LogP contribution in [0.15, 0.2) is 207 Å². The maximum atomic E-state index is 10.4. The Bertz CT molecular complexity index is 5260. The van der Waals surface area contributed by atoms with Crippen molar-refractivity contribution in [1.29, 1.82) is 26.3 Å². The SMILES string of the molecule is CC(C)(C)CN(Cc1ccc(/C=C/C=O)cc1)c1ccnc(C#N)n1.CC(C)(C)CN(Cc1ccc(/C=C/CCl)cc1)c1ccnc(C#N)n1.CC(C)(C)CN(Cc1ccc(/C=C/CN2CCCCC2)cc1)c1ccnc(C#N)n1.CC(C)(C)CN(Cc1ccc(/C=C/CO)cc1)c1ccnc(C#N)n1.CC(C)(C)CN(Cc1ccc(I)cc1)c1ccnc(C#N)n1. The van der Waals surface area contributed by atoms with E-state index >= 15 is 0 Å². The van der Waals surface area contributed by atoms with Gasteiger partial charge in [-0.1, -0.05) is 262 Å². The monoisotopic (exact) mass is 1830 g/mol. The summed E-state index contributed by atoms with van der Waals surface area (Å²) in [5.41, 5.74) is 10.8. The number of carbonyl (C=O) groups excluding carboxylic acids is 1. The summed E-state index contributed by atoms with van der Waals surface area (Å²) < 4.78 is 1.22. The van der Waals surface area contributed by atoms with Crippen LogP contribution < -0.4 is 24.5 Å². The number of allylic oxidation sites excluding steroid dienone is 2. The predicted molar refractivity (Wildman–Crippen MR) is 521 cm³/mol. The third-order valence-electron chi connectivity index (χ3n) is 18.7. The maximum Gasteiger partial charge on any atom is 0.234 e. The maximum absolute atomic E-state index is 10.4. The minimum Gasteiger partial charge on any atom is -0.392 e. The first kappa shape index (κ1) is 102. The fraction of sp³-hybridized carbons (Fsp3) is 0.373. The molecule has 6 heterocycles. The van der Waals surface area contributed by atoms with Crippen LogP contribution in [0.4, 0.5) is 29.1 Å². The molecule has 1 fully saturated rings. The third-order valence-corrected chi connectivity index (χ3v) is 19.6. The van der Waals surface area contributed by atoms with Gasteiger partial charge in [0.15, 0.2) is 0 Å². The van der Waals surface area contributed by atoms with Crippen molar-refractivity contribution in [2.24, 2.45) is 27.1 Å². The molecule has 660 valence electrons. The standard InChI is InChI=1S/C25H33N5.C20H23ClN4.C20H24N4O.C20H22N4O.C17H19IN4/c1-25(2,3)20-30(24-13-14-27-23(18-26)28-24)19-22-11-9-21(10-12-22)8-7-17-29-15-5-4-6-16-29;1-20(2,3)15-25(19-10-12-23-18(13-22)24-19)14-17-8-6-16(7-9-17)5-4-11-21;2*1-20(2,3)15-24(19-10-11-22-18(13-21)23-19)14-17-8-6-16(7-9-17)5-4-12-25;1-17(2,3)12-22(11-13-4-6-14(18)7-5-13)16-8-9-20-15(10-19)21-16/h7-14H,4-6,15-17,19-20H2,1-3H3;4-10,12H,11,14-15H2,1-3H3;4-11,25H,12,14-15H2,1-3H3;4-12H,14-15H2,1-3H3;4-9H,11-12H2,1-3H3/b8-7+;3*5-4+;. The minimum atomic E-state index is 0.0377. The van der Waals surface area contributed by atoms with Crippen molar-refractivity contribution in [3.05, 3.63) is 290 Å². The Hall–Kier alpha value is -12.5. The Kier molecular flexibility index (Phi) is 41.0. The van der Waals surface area contributed by atoms with Crippen molar-refractivity contribution in [3.8, 4) is 30.3 Å². The summed E-state index contributed by atoms with van der Waals surface area (Å²) in [6.45, 7) is 44.0. The highest BCUT2D eigenvalue weighted by atomic mass is 127. The molecule has 11 rings (SSSR count). The predicted octanol–water partition coefficient (Wildman–Crippen LogP) is 20.6. The molecule has 0 saturated carbocycles. The quantitative estimate of drug-likeness (QED) is 0.0197. The molecule has 25 heteroatoms. The number of aldehydes is 1. The number of anilines is 5. The molecule has 0 amide bonds. The van der Waals surface area contributed by atoms with Crippen LogP contribution >= 0.6 is 34.2 Å². The van der Waals surface area contributed by atoms with E-state index in [0.717, 1.165) is 122 Å². The van der Waals surface area contributed by atoms with Gasteiger partial charge >= 0.3 is 0 Å². The van der Waals surface area contributed by atoms with Crippen LogP contribution in [-0.4, -0.2) is 131 Å². The molecule has 5 aromatic carbocycles. The zero-order chi connectivity index (χ0) is 92.4. The van der Waals surface area contributed by atoms with Gasteiger partial charge in [-0.15, -0.1) is 11.6 Å². The molecule has 0 spiro atoms. The van der Waals surface area contributed by atoms with Crippen molar-refractivity contribution in [1.82, 2.24) is 54.7 Å². The van der Waals surface area contributed by atoms with Crippen molar-refractivity contribution >= 4 is 93.9 Å². The second kappa shape index (κ2) is 51.2. The molecule has 1 N–H and O–H groups in total. The molecule has 0 radical (unpaired) electrons. The van der Waals surface area contributed by atoms with Crippen molar-refractivity contribution in [3.63, 3.8) is 0 Å². The molecule has 1 aliphatic rings. The third kappa shape index (κ3) is 39.7. The van der Waals surface area contributed by atoms with E-state index in [1.807, 2.05) is 115 Å². The average molecular weight is 1840 g/mol. The van der Waals surface area contributed by atoms with Gasteiger partial charge in [0, 0.05) is 112 Å². The smallest absolute Gasteiger partial charge is 0.234 e. The number of nitrogens with zero attached hydrogens (tertiary/aromatic N) is 21. The number of benzene rings is 5. The van der Waals surface area contributed by atoms with Gasteiger partial charge in [0.2, 0.25) is 29.1 Å². The number of carbonyl (C=O) groups is 1. The largest absolute Gasteiger partial charge is 0.392 e. The second-order valence-electron chi connectivity index (χ2n) is 36.8. The van der Waals surface area contributed by atoms with Gasteiger partial charge in [-0.25, -0.2) is 49.8 Å². The lowest BCUT2D eigenvalue weighted by atomic mass is 9.95. The number of rotatable bonds is 29. The Labute approximate surface area is 771 Å². The van der Waals surface area contributed by atoms with E-state index in [2.05, 4.69) is 303 Å². The van der Waals surface area contributed by atoms with Crippen molar-refractivity contribution in [2.75, 3.05) is 89.3 Å². The number of aliphatic hydroxyl groups is 1. The second-order valence-corrected chi connectivity index (χ2v) is 38.4. The van der Waals surface area contributed by atoms with E-state index in [9.17, 15) is 4.79 Å². The molecule has 10 aromatic rings. The Morgan fingerprint density at radius 1 is 0.362 bits per heavy atom. The molecule has 127 heavy (non-hydrogen) atoms. The van der Waals surface area contributed by atoms with Gasteiger partial charge in [0.1, 0.15) is 65.7 Å². The lowest BCUT2D eigenvalue weighted by Gasteiger charge is -2.31. The lowest BCUT2D eigenvalue weighted by Crippen LogP contribution is -2.33. The van der Waals surface area contributed by atoms with Crippen LogP contribution in [0.1, 0.15) is 202 Å². The first-order valence-corrected chi connectivity index (χ1v) is 44.2. The summed E-state index contributed by atoms with van der Waals surface area (Å²) in [4.78, 5) is 65.5. The fourth-order valence-electron chi connectivity index (χ4n) is 13.5. The molecule has 1 saturated heterocycles. The summed E-state index contributed by atoms with van der Waals surface area (Å²) in [5.74, 6) is 5.33. The number of halogens is 2. The van der Waals surface area contributed by atoms with E-state index in [1.54, 1.807) is 43.1 Å². The van der Waals surface area contributed by atoms with Gasteiger partial charge in [-0.05, 0) is 174 Å². The van der Waals surface area contributed by atoms with E-state index in [1.165, 1.54) is 64.3 Å². The highest BCUT2D eigenvalue weighted by Crippen LogP contribution is 2.30. The molecule has 0 bridgehead atoms. The number of aromatic nitrogens is 10. The number of aliphatic hydroxyl groups excluding tert-OH is 1. The fourth-order valence-corrected chi connectivity index (χ4v) is 13.9. The number of likely N-dealkylation sites (tertiary alicyclic amines) is 1. The molecular formula is C102H121ClIN21O2. The van der Waals surface area contributed by atoms with Crippen LogP contribution in [0, 0.1) is 87.3 Å². The van der Waals surface area contributed by atoms with Gasteiger partial charge < -0.3 is 29.6 Å². The lowest BCUT2D eigenvalue weighted by molar-refractivity contribution is -0.104. The van der Waals surface area contributed by atoms with Crippen molar-refractivity contribution < 1.29 is 9.90 Å².